The van der Waals surface area contributed by atoms with E-state index in [-0.39, 0.29) is 8.41 Å². The quantitative estimate of drug-likeness (QED) is 0.422. The normalized spacial score (nSPS) is 9.00. The van der Waals surface area contributed by atoms with Crippen LogP contribution in [0.25, 0.3) is 0 Å². The molecule has 0 N–H and O–H groups in total. The van der Waals surface area contributed by atoms with Crippen molar-refractivity contribution in [3.05, 3.63) is 0 Å². The first-order chi connectivity index (χ1) is 3.35. The maximum Gasteiger partial charge on any atom is 0.331 e. The summed E-state index contributed by atoms with van der Waals surface area (Å²) < 4.78 is 14.0. The van der Waals surface area contributed by atoms with E-state index in [1.807, 2.05) is 0 Å². The molecule has 8 heavy (non-hydrogen) atoms. The highest BCUT2D eigenvalue weighted by atomic mass is 31.2. The van der Waals surface area contributed by atoms with Crippen LogP contribution in [-0.4, -0.2) is 29.7 Å². The lowest BCUT2D eigenvalue weighted by Gasteiger charge is -2.05. The number of hydrogen-bond donors (Lipinski definition) is 0. The Balaban J connectivity index is 0. The molecule has 0 bridgehead atoms. The highest BCUT2D eigenvalue weighted by Crippen LogP contribution is 2.35. The molecule has 47 valence electrons. The zero-order valence-electron chi connectivity index (χ0n) is 5.25. The van der Waals surface area contributed by atoms with E-state index in [0.29, 0.717) is 0 Å². The highest BCUT2D eigenvalue weighted by molar-refractivity contribution is 7.41. The van der Waals surface area contributed by atoms with Crippen molar-refractivity contribution in [2.24, 2.45) is 0 Å². The van der Waals surface area contributed by atoms with Crippen LogP contribution in [0.2, 0.25) is 0 Å². The van der Waals surface area contributed by atoms with E-state index in [0.717, 1.165) is 0 Å². The minimum atomic E-state index is -1.05. The predicted octanol–water partition coefficient (Wildman–Crippen LogP) is 0.772. The van der Waals surface area contributed by atoms with Gasteiger partial charge >= 0.3 is 8.60 Å². The molecule has 3 radical (unpaired) electrons. The molecule has 0 aromatic rings. The summed E-state index contributed by atoms with van der Waals surface area (Å²) in [6.07, 6.45) is 0. The molecule has 0 aliphatic rings. The molecule has 0 heterocycles. The Hall–Kier alpha value is 0.375. The summed E-state index contributed by atoms with van der Waals surface area (Å²) in [5, 5.41) is 0. The van der Waals surface area contributed by atoms with E-state index in [9.17, 15) is 0 Å². The molecule has 0 aromatic heterocycles. The van der Waals surface area contributed by atoms with Crippen LogP contribution in [0.5, 0.6) is 0 Å². The Kier molecular flexibility index (Phi) is 10.3. The molecule has 3 nitrogen and oxygen atoms in total. The van der Waals surface area contributed by atoms with Crippen molar-refractivity contribution >= 4 is 17.0 Å². The van der Waals surface area contributed by atoms with Crippen molar-refractivity contribution in [1.29, 1.82) is 0 Å². The summed E-state index contributed by atoms with van der Waals surface area (Å²) in [6, 6.07) is 0. The monoisotopic (exact) mass is 135 g/mol. The smallest absolute Gasteiger partial charge is 0.316 e. The topological polar surface area (TPSA) is 27.7 Å². The molecule has 0 atom stereocenters. The number of hydrogen-bond acceptors (Lipinski definition) is 3. The van der Waals surface area contributed by atoms with Gasteiger partial charge in [-0.25, -0.2) is 0 Å². The van der Waals surface area contributed by atoms with Gasteiger partial charge in [-0.3, -0.25) is 0 Å². The Morgan fingerprint density at radius 2 is 1.12 bits per heavy atom. The average molecular weight is 135 g/mol. The Morgan fingerprint density at radius 1 is 0.875 bits per heavy atom. The lowest BCUT2D eigenvalue weighted by Crippen LogP contribution is -1.81. The van der Waals surface area contributed by atoms with Crippen LogP contribution >= 0.6 is 8.60 Å². The molecular weight excluding hydrogens is 126 g/mol. The van der Waals surface area contributed by atoms with Gasteiger partial charge in [-0.1, -0.05) is 0 Å². The van der Waals surface area contributed by atoms with Gasteiger partial charge < -0.3 is 13.6 Å². The van der Waals surface area contributed by atoms with Gasteiger partial charge in [-0.2, -0.15) is 0 Å². The second-order valence-corrected chi connectivity index (χ2v) is 2.31. The molecule has 0 saturated heterocycles. The van der Waals surface area contributed by atoms with E-state index >= 15 is 0 Å². The van der Waals surface area contributed by atoms with Crippen molar-refractivity contribution in [1.82, 2.24) is 0 Å². The van der Waals surface area contributed by atoms with Crippen molar-refractivity contribution in [2.45, 2.75) is 0 Å². The first-order valence-electron chi connectivity index (χ1n) is 1.77. The molecular formula is C3H9BO3P. The van der Waals surface area contributed by atoms with E-state index in [1.54, 1.807) is 21.3 Å². The van der Waals surface area contributed by atoms with Crippen LogP contribution in [0.3, 0.4) is 0 Å². The summed E-state index contributed by atoms with van der Waals surface area (Å²) in [5.41, 5.74) is 0. The molecule has 0 saturated carbocycles. The fourth-order valence-corrected chi connectivity index (χ4v) is 0.671. The van der Waals surface area contributed by atoms with Crippen LogP contribution in [0.4, 0.5) is 0 Å². The third kappa shape index (κ3) is 4.53. The van der Waals surface area contributed by atoms with E-state index in [2.05, 4.69) is 13.6 Å². The van der Waals surface area contributed by atoms with Crippen LogP contribution in [0, 0.1) is 0 Å². The minimum Gasteiger partial charge on any atom is -0.316 e. The van der Waals surface area contributed by atoms with E-state index in [4.69, 9.17) is 0 Å². The van der Waals surface area contributed by atoms with E-state index in [1.165, 1.54) is 0 Å². The summed E-state index contributed by atoms with van der Waals surface area (Å²) in [5.74, 6) is 0. The summed E-state index contributed by atoms with van der Waals surface area (Å²) in [6.45, 7) is 0. The minimum absolute atomic E-state index is 0. The molecule has 0 amide bonds. The van der Waals surface area contributed by atoms with Crippen LogP contribution < -0.4 is 0 Å². The molecule has 0 aliphatic heterocycles. The van der Waals surface area contributed by atoms with Gasteiger partial charge in [-0.15, -0.1) is 0 Å². The van der Waals surface area contributed by atoms with E-state index < -0.39 is 8.60 Å². The lowest BCUT2D eigenvalue weighted by atomic mass is 10.8. The van der Waals surface area contributed by atoms with Crippen molar-refractivity contribution in [3.63, 3.8) is 0 Å². The van der Waals surface area contributed by atoms with Gasteiger partial charge in [0.25, 0.3) is 0 Å². The zero-order valence-corrected chi connectivity index (χ0v) is 6.14. The summed E-state index contributed by atoms with van der Waals surface area (Å²) >= 11 is 0. The summed E-state index contributed by atoms with van der Waals surface area (Å²) in [7, 11) is 3.57. The van der Waals surface area contributed by atoms with Crippen molar-refractivity contribution in [2.75, 3.05) is 21.3 Å². The standard InChI is InChI=1S/C3H9O3P.B/c1-4-7(5-2)6-3;/h1-3H3;. The fourth-order valence-electron chi connectivity index (χ4n) is 0.224. The molecule has 0 rings (SSSR count). The van der Waals surface area contributed by atoms with Crippen LogP contribution in [-0.2, 0) is 13.6 Å². The van der Waals surface area contributed by atoms with Gasteiger partial charge in [0.05, 0.1) is 0 Å². The molecule has 0 aliphatic carbocycles. The molecule has 5 heteroatoms. The third-order valence-corrected chi connectivity index (χ3v) is 1.34. The predicted molar refractivity (Wildman–Crippen MR) is 33.7 cm³/mol. The highest BCUT2D eigenvalue weighted by Gasteiger charge is 2.00. The van der Waals surface area contributed by atoms with Gasteiger partial charge in [0.1, 0.15) is 0 Å². The van der Waals surface area contributed by atoms with Gasteiger partial charge in [0, 0.05) is 29.7 Å². The summed E-state index contributed by atoms with van der Waals surface area (Å²) in [4.78, 5) is 0. The Morgan fingerprint density at radius 3 is 1.12 bits per heavy atom. The molecule has 0 unspecified atom stereocenters. The molecule has 0 fully saturated rings. The molecule has 0 aromatic carbocycles. The van der Waals surface area contributed by atoms with Gasteiger partial charge in [-0.05, 0) is 0 Å². The van der Waals surface area contributed by atoms with Crippen LogP contribution in [0.1, 0.15) is 0 Å². The Labute approximate surface area is 52.9 Å². The zero-order chi connectivity index (χ0) is 5.70. The maximum absolute atomic E-state index is 4.67. The maximum atomic E-state index is 4.67. The van der Waals surface area contributed by atoms with Crippen molar-refractivity contribution < 1.29 is 13.6 Å². The first-order valence-corrected chi connectivity index (χ1v) is 2.87. The second kappa shape index (κ2) is 7.37. The molecule has 0 spiro atoms. The Bertz CT molecular complexity index is 36.0. The van der Waals surface area contributed by atoms with Gasteiger partial charge in [0.15, 0.2) is 0 Å². The average Bonchev–Trinajstić information content (AvgIpc) is 1.72. The lowest BCUT2D eigenvalue weighted by molar-refractivity contribution is 0.239. The van der Waals surface area contributed by atoms with Crippen LogP contribution in [0.15, 0.2) is 0 Å². The number of rotatable bonds is 3. The first kappa shape index (κ1) is 11.2. The fraction of sp³-hybridized carbons (Fsp3) is 1.00. The third-order valence-electron chi connectivity index (χ3n) is 0.447. The SMILES string of the molecule is COP(OC)OC.[B]. The largest absolute Gasteiger partial charge is 0.331 e. The van der Waals surface area contributed by atoms with Crippen molar-refractivity contribution in [3.8, 4) is 0 Å². The second-order valence-electron chi connectivity index (χ2n) is 0.771. The van der Waals surface area contributed by atoms with Gasteiger partial charge in [0.2, 0.25) is 0 Å².